The average Bonchev–Trinajstić information content (AvgIpc) is 3.04. The van der Waals surface area contributed by atoms with E-state index in [1.165, 1.54) is 28.2 Å². The van der Waals surface area contributed by atoms with Crippen LogP contribution in [0.1, 0.15) is 11.5 Å². The number of halogens is 1. The third-order valence-electron chi connectivity index (χ3n) is 2.89. The average molecular weight is 290 g/mol. The van der Waals surface area contributed by atoms with Gasteiger partial charge in [-0.15, -0.1) is 11.3 Å². The van der Waals surface area contributed by atoms with Gasteiger partial charge in [0, 0.05) is 12.3 Å². The van der Waals surface area contributed by atoms with Crippen molar-refractivity contribution in [2.75, 3.05) is 0 Å². The molecule has 0 fully saturated rings. The topological polar surface area (TPSA) is 48.0 Å². The number of aryl methyl sites for hydroxylation is 1. The summed E-state index contributed by atoms with van der Waals surface area (Å²) >= 11 is 1.53. The van der Waals surface area contributed by atoms with Gasteiger partial charge in [-0.2, -0.15) is 0 Å². The van der Waals surface area contributed by atoms with Crippen LogP contribution in [0.3, 0.4) is 0 Å². The molecular weight excluding hydrogens is 279 g/mol. The largest absolute Gasteiger partial charge is 0.440 e. The van der Waals surface area contributed by atoms with E-state index < -0.39 is 5.82 Å². The van der Waals surface area contributed by atoms with Gasteiger partial charge in [0.2, 0.25) is 5.89 Å². The van der Waals surface area contributed by atoms with Gasteiger partial charge in [-0.05, 0) is 24.4 Å². The molecule has 102 valence electrons. The van der Waals surface area contributed by atoms with Gasteiger partial charge in [-0.1, -0.05) is 6.07 Å². The number of hydrogen-bond acceptors (Lipinski definition) is 4. The van der Waals surface area contributed by atoms with Gasteiger partial charge < -0.3 is 8.98 Å². The molecule has 3 heterocycles. The highest BCUT2D eigenvalue weighted by Crippen LogP contribution is 2.26. The van der Waals surface area contributed by atoms with Crippen LogP contribution < -0.4 is 5.56 Å². The Morgan fingerprint density at radius 1 is 1.40 bits per heavy atom. The molecule has 20 heavy (non-hydrogen) atoms. The molecule has 0 aliphatic heterocycles. The van der Waals surface area contributed by atoms with E-state index in [9.17, 15) is 9.18 Å². The summed E-state index contributed by atoms with van der Waals surface area (Å²) in [6, 6.07) is 6.17. The van der Waals surface area contributed by atoms with Crippen LogP contribution in [-0.2, 0) is 6.54 Å². The predicted molar refractivity (Wildman–Crippen MR) is 74.3 cm³/mol. The zero-order chi connectivity index (χ0) is 14.1. The zero-order valence-electron chi connectivity index (χ0n) is 10.7. The summed E-state index contributed by atoms with van der Waals surface area (Å²) in [6.45, 7) is 1.97. The molecule has 0 aromatic carbocycles. The first-order valence-corrected chi connectivity index (χ1v) is 6.87. The van der Waals surface area contributed by atoms with E-state index in [1.54, 1.807) is 6.92 Å². The minimum Gasteiger partial charge on any atom is -0.440 e. The summed E-state index contributed by atoms with van der Waals surface area (Å²) in [5.41, 5.74) is 0.354. The van der Waals surface area contributed by atoms with E-state index in [1.807, 2.05) is 17.5 Å². The summed E-state index contributed by atoms with van der Waals surface area (Å²) in [4.78, 5) is 17.0. The zero-order valence-corrected chi connectivity index (χ0v) is 11.5. The fourth-order valence-electron chi connectivity index (χ4n) is 1.87. The Kier molecular flexibility index (Phi) is 3.23. The van der Waals surface area contributed by atoms with Crippen LogP contribution in [0.15, 0.2) is 45.1 Å². The number of aromatic nitrogens is 2. The van der Waals surface area contributed by atoms with Crippen LogP contribution in [0, 0.1) is 12.7 Å². The van der Waals surface area contributed by atoms with Gasteiger partial charge in [0.05, 0.1) is 11.4 Å². The van der Waals surface area contributed by atoms with Crippen LogP contribution in [-0.4, -0.2) is 9.55 Å². The van der Waals surface area contributed by atoms with Crippen LogP contribution in [0.5, 0.6) is 0 Å². The lowest BCUT2D eigenvalue weighted by molar-refractivity contribution is 0.537. The molecule has 0 saturated heterocycles. The third-order valence-corrected chi connectivity index (χ3v) is 3.75. The van der Waals surface area contributed by atoms with Crippen molar-refractivity contribution >= 4 is 11.3 Å². The highest BCUT2D eigenvalue weighted by Gasteiger charge is 2.13. The first-order valence-electron chi connectivity index (χ1n) is 5.99. The highest BCUT2D eigenvalue weighted by molar-refractivity contribution is 7.13. The van der Waals surface area contributed by atoms with Crippen LogP contribution in [0.2, 0.25) is 0 Å². The van der Waals surface area contributed by atoms with Crippen molar-refractivity contribution in [2.24, 2.45) is 0 Å². The molecule has 0 N–H and O–H groups in total. The summed E-state index contributed by atoms with van der Waals surface area (Å²) in [5.74, 6) is 0.700. The number of hydrogen-bond donors (Lipinski definition) is 0. The van der Waals surface area contributed by atoms with Gasteiger partial charge >= 0.3 is 0 Å². The molecule has 0 bridgehead atoms. The minimum atomic E-state index is -0.454. The fraction of sp³-hybridized carbons (Fsp3) is 0.143. The Hall–Kier alpha value is -2.21. The number of thiophene rings is 1. The van der Waals surface area contributed by atoms with Crippen molar-refractivity contribution in [1.82, 2.24) is 9.55 Å². The predicted octanol–water partition coefficient (Wildman–Crippen LogP) is 3.06. The lowest BCUT2D eigenvalue weighted by Crippen LogP contribution is -2.19. The normalized spacial score (nSPS) is 10.9. The standard InChI is InChI=1S/C14H11FN2O2S/c1-9-11(8-17-7-10(15)4-5-13(17)18)16-14(19-9)12-3-2-6-20-12/h2-7H,8H2,1H3. The molecule has 0 spiro atoms. The summed E-state index contributed by atoms with van der Waals surface area (Å²) in [5, 5.41) is 1.94. The molecule has 0 amide bonds. The quantitative estimate of drug-likeness (QED) is 0.745. The molecule has 3 aromatic heterocycles. The smallest absolute Gasteiger partial charge is 0.251 e. The lowest BCUT2D eigenvalue weighted by atomic mass is 10.3. The van der Waals surface area contributed by atoms with Gasteiger partial charge in [-0.3, -0.25) is 4.79 Å². The van der Waals surface area contributed by atoms with E-state index in [-0.39, 0.29) is 12.1 Å². The Labute approximate surface area is 118 Å². The number of nitrogens with zero attached hydrogens (tertiary/aromatic N) is 2. The van der Waals surface area contributed by atoms with Crippen LogP contribution >= 0.6 is 11.3 Å². The van der Waals surface area contributed by atoms with Crippen molar-refractivity contribution < 1.29 is 8.81 Å². The van der Waals surface area contributed by atoms with E-state index in [0.717, 1.165) is 10.9 Å². The maximum Gasteiger partial charge on any atom is 0.251 e. The number of oxazole rings is 1. The maximum atomic E-state index is 13.2. The van der Waals surface area contributed by atoms with E-state index in [2.05, 4.69) is 4.98 Å². The lowest BCUT2D eigenvalue weighted by Gasteiger charge is -2.02. The Balaban J connectivity index is 1.95. The molecule has 0 aliphatic carbocycles. The summed E-state index contributed by atoms with van der Waals surface area (Å²) < 4.78 is 20.0. The highest BCUT2D eigenvalue weighted by atomic mass is 32.1. The second-order valence-electron chi connectivity index (χ2n) is 4.31. The fourth-order valence-corrected chi connectivity index (χ4v) is 2.52. The SMILES string of the molecule is Cc1oc(-c2cccs2)nc1Cn1cc(F)ccc1=O. The second-order valence-corrected chi connectivity index (χ2v) is 5.26. The van der Waals surface area contributed by atoms with E-state index >= 15 is 0 Å². The molecule has 0 unspecified atom stereocenters. The molecule has 4 nitrogen and oxygen atoms in total. The van der Waals surface area contributed by atoms with Crippen molar-refractivity contribution in [1.29, 1.82) is 0 Å². The molecule has 0 aliphatic rings. The first-order chi connectivity index (χ1) is 9.63. The summed E-state index contributed by atoms with van der Waals surface area (Å²) in [6.07, 6.45) is 1.17. The molecule has 3 aromatic rings. The molecule has 6 heteroatoms. The Morgan fingerprint density at radius 3 is 3.00 bits per heavy atom. The van der Waals surface area contributed by atoms with Gasteiger partial charge in [0.15, 0.2) is 0 Å². The van der Waals surface area contributed by atoms with Crippen molar-refractivity contribution in [3.63, 3.8) is 0 Å². The van der Waals surface area contributed by atoms with Crippen molar-refractivity contribution in [3.8, 4) is 10.8 Å². The maximum absolute atomic E-state index is 13.2. The number of pyridine rings is 1. The van der Waals surface area contributed by atoms with Crippen LogP contribution in [0.4, 0.5) is 4.39 Å². The molecule has 0 radical (unpaired) electrons. The van der Waals surface area contributed by atoms with E-state index in [0.29, 0.717) is 17.3 Å². The van der Waals surface area contributed by atoms with E-state index in [4.69, 9.17) is 4.42 Å². The molecular formula is C14H11FN2O2S. The summed E-state index contributed by atoms with van der Waals surface area (Å²) in [7, 11) is 0. The monoisotopic (exact) mass is 290 g/mol. The molecule has 0 atom stereocenters. The molecule has 0 saturated carbocycles. The second kappa shape index (κ2) is 5.05. The Bertz CT molecular complexity index is 790. The molecule has 3 rings (SSSR count). The van der Waals surface area contributed by atoms with Crippen molar-refractivity contribution in [3.05, 3.63) is 63.5 Å². The Morgan fingerprint density at radius 2 is 2.25 bits per heavy atom. The third kappa shape index (κ3) is 2.42. The minimum absolute atomic E-state index is 0.192. The van der Waals surface area contributed by atoms with Gasteiger partial charge in [-0.25, -0.2) is 9.37 Å². The number of rotatable bonds is 3. The van der Waals surface area contributed by atoms with Gasteiger partial charge in [0.25, 0.3) is 5.56 Å². The van der Waals surface area contributed by atoms with Crippen molar-refractivity contribution in [2.45, 2.75) is 13.5 Å². The van der Waals surface area contributed by atoms with Crippen LogP contribution in [0.25, 0.3) is 10.8 Å². The van der Waals surface area contributed by atoms with Gasteiger partial charge in [0.1, 0.15) is 17.3 Å². The first kappa shape index (κ1) is 12.8.